The highest BCUT2D eigenvalue weighted by Crippen LogP contribution is 2.06. The molecule has 2 unspecified atom stereocenters. The summed E-state index contributed by atoms with van der Waals surface area (Å²) in [7, 11) is 0. The van der Waals surface area contributed by atoms with E-state index in [-0.39, 0.29) is 50.4 Å². The highest BCUT2D eigenvalue weighted by Gasteiger charge is 2.14. The maximum Gasteiger partial charge on any atom is 0.333 e. The summed E-state index contributed by atoms with van der Waals surface area (Å²) in [4.78, 5) is 45.6. The van der Waals surface area contributed by atoms with Gasteiger partial charge >= 0.3 is 23.9 Å². The zero-order valence-electron chi connectivity index (χ0n) is 18.1. The Morgan fingerprint density at radius 1 is 0.645 bits per heavy atom. The highest BCUT2D eigenvalue weighted by atomic mass is 16.6. The van der Waals surface area contributed by atoms with Gasteiger partial charge in [-0.05, 0) is 26.7 Å². The second-order valence-electron chi connectivity index (χ2n) is 6.99. The van der Waals surface area contributed by atoms with Crippen LogP contribution in [0.25, 0.3) is 0 Å². The molecule has 0 amide bonds. The van der Waals surface area contributed by atoms with Crippen LogP contribution in [0.15, 0.2) is 24.3 Å². The molecule has 0 fully saturated rings. The van der Waals surface area contributed by atoms with Gasteiger partial charge in [-0.3, -0.25) is 9.59 Å². The van der Waals surface area contributed by atoms with E-state index in [1.165, 1.54) is 13.8 Å². The molecular formula is C21H32O10. The van der Waals surface area contributed by atoms with E-state index in [0.29, 0.717) is 19.3 Å². The second-order valence-corrected chi connectivity index (χ2v) is 6.99. The van der Waals surface area contributed by atoms with Crippen LogP contribution >= 0.6 is 0 Å². The summed E-state index contributed by atoms with van der Waals surface area (Å²) in [5.74, 6) is -2.30. The molecule has 0 aliphatic carbocycles. The van der Waals surface area contributed by atoms with Crippen LogP contribution in [0.4, 0.5) is 0 Å². The first-order valence-corrected chi connectivity index (χ1v) is 9.85. The third-order valence-electron chi connectivity index (χ3n) is 3.65. The van der Waals surface area contributed by atoms with Gasteiger partial charge in [0.1, 0.15) is 38.6 Å². The van der Waals surface area contributed by atoms with Crippen molar-refractivity contribution in [2.45, 2.75) is 58.2 Å². The molecule has 0 bridgehead atoms. The fraction of sp³-hybridized carbons (Fsp3) is 0.619. The molecule has 0 heterocycles. The zero-order chi connectivity index (χ0) is 23.8. The van der Waals surface area contributed by atoms with Crippen molar-refractivity contribution in [3.8, 4) is 0 Å². The second kappa shape index (κ2) is 16.0. The minimum absolute atomic E-state index is 0.111. The number of rotatable bonds is 16. The van der Waals surface area contributed by atoms with Gasteiger partial charge in [0.15, 0.2) is 0 Å². The first-order chi connectivity index (χ1) is 14.5. The summed E-state index contributed by atoms with van der Waals surface area (Å²) in [6.45, 7) is 8.57. The molecule has 176 valence electrons. The fourth-order valence-corrected chi connectivity index (χ4v) is 1.92. The summed E-state index contributed by atoms with van der Waals surface area (Å²) in [5, 5.41) is 19.2. The Bertz CT molecular complexity index is 586. The third kappa shape index (κ3) is 15.7. The van der Waals surface area contributed by atoms with Crippen LogP contribution in [0.1, 0.15) is 46.0 Å². The Balaban J connectivity index is 3.73. The van der Waals surface area contributed by atoms with Crippen LogP contribution < -0.4 is 0 Å². The van der Waals surface area contributed by atoms with Crippen LogP contribution in [0.2, 0.25) is 0 Å². The average Bonchev–Trinajstić information content (AvgIpc) is 2.72. The van der Waals surface area contributed by atoms with Crippen molar-refractivity contribution in [2.24, 2.45) is 0 Å². The Kier molecular flexibility index (Phi) is 14.6. The van der Waals surface area contributed by atoms with Crippen LogP contribution in [0.3, 0.4) is 0 Å². The predicted octanol–water partition coefficient (Wildman–Crippen LogP) is 0.984. The van der Waals surface area contributed by atoms with Crippen molar-refractivity contribution >= 4 is 23.9 Å². The highest BCUT2D eigenvalue weighted by molar-refractivity contribution is 5.87. The van der Waals surface area contributed by atoms with Gasteiger partial charge in [0.25, 0.3) is 0 Å². The molecule has 0 spiro atoms. The smallest absolute Gasteiger partial charge is 0.333 e. The lowest BCUT2D eigenvalue weighted by Crippen LogP contribution is -2.25. The SMILES string of the molecule is C=C(C)C(=O)OCC(O)COC(=O)CCCCCC(=O)OCC(O)COC(=O)C(=C)C. The number of carbonyl (C=O) groups excluding carboxylic acids is 4. The summed E-state index contributed by atoms with van der Waals surface area (Å²) in [5.41, 5.74) is 0.404. The summed E-state index contributed by atoms with van der Waals surface area (Å²) < 4.78 is 19.2. The first kappa shape index (κ1) is 28.3. The largest absolute Gasteiger partial charge is 0.463 e. The number of carbonyl (C=O) groups is 4. The number of hydrogen-bond acceptors (Lipinski definition) is 10. The van der Waals surface area contributed by atoms with Crippen LogP contribution in [0, 0.1) is 0 Å². The van der Waals surface area contributed by atoms with Crippen molar-refractivity contribution in [3.05, 3.63) is 24.3 Å². The number of ether oxygens (including phenoxy) is 4. The molecule has 2 N–H and O–H groups in total. The van der Waals surface area contributed by atoms with E-state index in [9.17, 15) is 29.4 Å². The van der Waals surface area contributed by atoms with E-state index in [1.54, 1.807) is 0 Å². The Morgan fingerprint density at radius 2 is 0.968 bits per heavy atom. The molecule has 2 atom stereocenters. The standard InChI is InChI=1S/C21H32O10/c1-14(2)20(26)30-12-16(22)10-28-18(24)8-6-5-7-9-19(25)29-11-17(23)13-31-21(27)15(3)4/h16-17,22-23H,1,3,5-13H2,2,4H3. The molecular weight excluding hydrogens is 412 g/mol. The summed E-state index contributed by atoms with van der Waals surface area (Å²) in [6.07, 6.45) is -0.496. The average molecular weight is 444 g/mol. The minimum Gasteiger partial charge on any atom is -0.463 e. The molecule has 0 aromatic carbocycles. The van der Waals surface area contributed by atoms with Crippen molar-refractivity contribution in [1.29, 1.82) is 0 Å². The van der Waals surface area contributed by atoms with Gasteiger partial charge in [0.2, 0.25) is 0 Å². The predicted molar refractivity (Wildman–Crippen MR) is 109 cm³/mol. The molecule has 0 aliphatic heterocycles. The van der Waals surface area contributed by atoms with Crippen molar-refractivity contribution in [3.63, 3.8) is 0 Å². The fourth-order valence-electron chi connectivity index (χ4n) is 1.92. The van der Waals surface area contributed by atoms with E-state index in [0.717, 1.165) is 0 Å². The lowest BCUT2D eigenvalue weighted by molar-refractivity contribution is -0.151. The van der Waals surface area contributed by atoms with Crippen molar-refractivity contribution in [1.82, 2.24) is 0 Å². The van der Waals surface area contributed by atoms with Crippen molar-refractivity contribution < 1.29 is 48.3 Å². The molecule has 0 rings (SSSR count). The van der Waals surface area contributed by atoms with E-state index in [1.807, 2.05) is 0 Å². The Morgan fingerprint density at radius 3 is 1.29 bits per heavy atom. The van der Waals surface area contributed by atoms with Gasteiger partial charge < -0.3 is 29.2 Å². The maximum absolute atomic E-state index is 11.6. The van der Waals surface area contributed by atoms with Gasteiger partial charge in [0, 0.05) is 24.0 Å². The van der Waals surface area contributed by atoms with Gasteiger partial charge in [-0.15, -0.1) is 0 Å². The molecule has 0 saturated heterocycles. The van der Waals surface area contributed by atoms with E-state index < -0.39 is 36.1 Å². The molecule has 0 aromatic rings. The van der Waals surface area contributed by atoms with Gasteiger partial charge in [-0.2, -0.15) is 0 Å². The Hall–Kier alpha value is -2.72. The number of esters is 4. The maximum atomic E-state index is 11.6. The van der Waals surface area contributed by atoms with E-state index >= 15 is 0 Å². The minimum atomic E-state index is -1.12. The number of hydrogen-bond donors (Lipinski definition) is 2. The molecule has 0 radical (unpaired) electrons. The molecule has 10 nitrogen and oxygen atoms in total. The molecule has 10 heteroatoms. The van der Waals surface area contributed by atoms with Gasteiger partial charge in [-0.1, -0.05) is 19.6 Å². The Labute approximate surface area is 181 Å². The molecule has 0 saturated carbocycles. The van der Waals surface area contributed by atoms with Crippen molar-refractivity contribution in [2.75, 3.05) is 26.4 Å². The lowest BCUT2D eigenvalue weighted by atomic mass is 10.1. The first-order valence-electron chi connectivity index (χ1n) is 9.85. The quantitative estimate of drug-likeness (QED) is 0.153. The number of aliphatic hydroxyl groups is 2. The van der Waals surface area contributed by atoms with Gasteiger partial charge in [-0.25, -0.2) is 9.59 Å². The number of unbranched alkanes of at least 4 members (excludes halogenated alkanes) is 2. The van der Waals surface area contributed by atoms with Crippen LogP contribution in [0.5, 0.6) is 0 Å². The van der Waals surface area contributed by atoms with Crippen LogP contribution in [-0.2, 0) is 38.1 Å². The molecule has 31 heavy (non-hydrogen) atoms. The molecule has 0 aliphatic rings. The lowest BCUT2D eigenvalue weighted by Gasteiger charge is -2.12. The number of aliphatic hydroxyl groups excluding tert-OH is 2. The molecule has 0 aromatic heterocycles. The zero-order valence-corrected chi connectivity index (χ0v) is 18.1. The summed E-state index contributed by atoms with van der Waals surface area (Å²) in [6, 6.07) is 0. The van der Waals surface area contributed by atoms with E-state index in [4.69, 9.17) is 18.9 Å². The topological polar surface area (TPSA) is 146 Å². The normalized spacial score (nSPS) is 12.3. The van der Waals surface area contributed by atoms with Gasteiger partial charge in [0.05, 0.1) is 0 Å². The van der Waals surface area contributed by atoms with E-state index in [2.05, 4.69) is 13.2 Å². The summed E-state index contributed by atoms with van der Waals surface area (Å²) >= 11 is 0. The third-order valence-corrected chi connectivity index (χ3v) is 3.65. The van der Waals surface area contributed by atoms with Crippen LogP contribution in [-0.4, -0.2) is 72.7 Å². The monoisotopic (exact) mass is 444 g/mol.